The van der Waals surface area contributed by atoms with Crippen molar-refractivity contribution in [1.29, 1.82) is 0 Å². The van der Waals surface area contributed by atoms with Crippen molar-refractivity contribution in [2.75, 3.05) is 11.9 Å². The van der Waals surface area contributed by atoms with E-state index in [2.05, 4.69) is 21.7 Å². The van der Waals surface area contributed by atoms with E-state index in [9.17, 15) is 0 Å². The van der Waals surface area contributed by atoms with Crippen LogP contribution in [-0.4, -0.2) is 23.6 Å². The van der Waals surface area contributed by atoms with E-state index in [1.807, 2.05) is 42.6 Å². The molecule has 2 N–H and O–H groups in total. The second-order valence-corrected chi connectivity index (χ2v) is 8.93. The zero-order valence-corrected chi connectivity index (χ0v) is 20.8. The fraction of sp³-hybridized carbons (Fsp3) is 0.348. The van der Waals surface area contributed by atoms with E-state index in [1.54, 1.807) is 0 Å². The van der Waals surface area contributed by atoms with Gasteiger partial charge in [0.25, 0.3) is 0 Å². The van der Waals surface area contributed by atoms with Crippen LogP contribution < -0.4 is 10.6 Å². The highest BCUT2D eigenvalue weighted by Crippen LogP contribution is 2.28. The molecule has 0 saturated heterocycles. The van der Waals surface area contributed by atoms with E-state index in [0.29, 0.717) is 22.1 Å². The Morgan fingerprint density at radius 1 is 0.839 bits per heavy atom. The van der Waals surface area contributed by atoms with E-state index >= 15 is 0 Å². The molecule has 0 radical (unpaired) electrons. The number of halogens is 5. The number of nitrogens with one attached hydrogen (secondary N) is 2. The topological polar surface area (TPSA) is 37.0 Å². The molecule has 0 unspecified atom stereocenters. The molecule has 168 valence electrons. The first-order chi connectivity index (χ1) is 14.1. The van der Waals surface area contributed by atoms with Crippen molar-refractivity contribution in [2.24, 2.45) is 0 Å². The largest absolute Gasteiger partial charge is 0.382 e. The zero-order chi connectivity index (χ0) is 20.2. The maximum Gasteiger partial charge on any atom is 0.0737 e. The van der Waals surface area contributed by atoms with Gasteiger partial charge in [-0.05, 0) is 80.6 Å². The van der Waals surface area contributed by atoms with Crippen molar-refractivity contribution in [3.8, 4) is 0 Å². The highest BCUT2D eigenvalue weighted by Gasteiger charge is 2.21. The summed E-state index contributed by atoms with van der Waals surface area (Å²) in [6, 6.07) is 14.7. The molecule has 1 heterocycles. The summed E-state index contributed by atoms with van der Waals surface area (Å²) in [5.41, 5.74) is 3.21. The van der Waals surface area contributed by atoms with Gasteiger partial charge in [-0.3, -0.25) is 4.98 Å². The van der Waals surface area contributed by atoms with E-state index in [1.165, 1.54) is 12.8 Å². The van der Waals surface area contributed by atoms with Crippen LogP contribution in [0.2, 0.25) is 15.1 Å². The monoisotopic (exact) mass is 519 g/mol. The summed E-state index contributed by atoms with van der Waals surface area (Å²) in [4.78, 5) is 4.43. The number of fused-ring (bicyclic) bond motifs is 1. The number of hydrogen-bond donors (Lipinski definition) is 2. The maximum atomic E-state index is 6.27. The van der Waals surface area contributed by atoms with Gasteiger partial charge >= 0.3 is 0 Å². The molecule has 2 aromatic carbocycles. The second-order valence-electron chi connectivity index (χ2n) is 7.65. The molecule has 4 rings (SSSR count). The Morgan fingerprint density at radius 2 is 1.52 bits per heavy atom. The van der Waals surface area contributed by atoms with Gasteiger partial charge < -0.3 is 10.6 Å². The quantitative estimate of drug-likeness (QED) is 0.351. The molecule has 0 spiro atoms. The van der Waals surface area contributed by atoms with Gasteiger partial charge in [-0.15, -0.1) is 24.8 Å². The number of rotatable bonds is 6. The van der Waals surface area contributed by atoms with E-state index in [0.717, 1.165) is 53.0 Å². The highest BCUT2D eigenvalue weighted by atomic mass is 35.5. The molecular formula is C23H26Cl5N3. The summed E-state index contributed by atoms with van der Waals surface area (Å²) < 4.78 is 0. The zero-order valence-electron chi connectivity index (χ0n) is 16.9. The summed E-state index contributed by atoms with van der Waals surface area (Å²) in [6.07, 6.45) is 7.39. The van der Waals surface area contributed by atoms with Crippen LogP contribution in [0, 0.1) is 0 Å². The summed E-state index contributed by atoms with van der Waals surface area (Å²) in [6.45, 7) is 0.930. The SMILES string of the molecule is Cl.Cl.Clc1ccc(CCN[C@H]2CC[C@H](Nc3ccnc4cc(Cl)ccc34)CC2)c(Cl)c1. The van der Waals surface area contributed by atoms with Gasteiger partial charge in [-0.25, -0.2) is 0 Å². The minimum Gasteiger partial charge on any atom is -0.382 e. The molecule has 0 aliphatic heterocycles. The molecule has 0 amide bonds. The van der Waals surface area contributed by atoms with Gasteiger partial charge in [-0.2, -0.15) is 0 Å². The van der Waals surface area contributed by atoms with Gasteiger partial charge in [0.1, 0.15) is 0 Å². The minimum absolute atomic E-state index is 0. The first kappa shape index (κ1) is 26.3. The Kier molecular flexibility index (Phi) is 10.5. The molecule has 1 fully saturated rings. The van der Waals surface area contributed by atoms with Crippen molar-refractivity contribution < 1.29 is 0 Å². The molecule has 1 aliphatic rings. The fourth-order valence-electron chi connectivity index (χ4n) is 4.04. The summed E-state index contributed by atoms with van der Waals surface area (Å²) in [7, 11) is 0. The van der Waals surface area contributed by atoms with E-state index in [-0.39, 0.29) is 24.8 Å². The van der Waals surface area contributed by atoms with Gasteiger partial charge in [0, 0.05) is 44.4 Å². The van der Waals surface area contributed by atoms with Crippen LogP contribution in [0.4, 0.5) is 5.69 Å². The normalized spacial score (nSPS) is 18.2. The lowest BCUT2D eigenvalue weighted by Gasteiger charge is -2.30. The first-order valence-electron chi connectivity index (χ1n) is 10.1. The van der Waals surface area contributed by atoms with Crippen molar-refractivity contribution in [1.82, 2.24) is 10.3 Å². The van der Waals surface area contributed by atoms with E-state index < -0.39 is 0 Å². The molecule has 0 bridgehead atoms. The molecule has 1 saturated carbocycles. The van der Waals surface area contributed by atoms with Crippen molar-refractivity contribution in [3.63, 3.8) is 0 Å². The third-order valence-corrected chi connectivity index (χ3v) is 6.46. The highest BCUT2D eigenvalue weighted by molar-refractivity contribution is 6.35. The number of aromatic nitrogens is 1. The van der Waals surface area contributed by atoms with Gasteiger partial charge in [0.2, 0.25) is 0 Å². The Balaban J connectivity index is 0.00000171. The lowest BCUT2D eigenvalue weighted by Crippen LogP contribution is -2.37. The van der Waals surface area contributed by atoms with Gasteiger partial charge in [-0.1, -0.05) is 40.9 Å². The maximum absolute atomic E-state index is 6.27. The van der Waals surface area contributed by atoms with Gasteiger partial charge in [0.15, 0.2) is 0 Å². The van der Waals surface area contributed by atoms with Crippen molar-refractivity contribution in [2.45, 2.75) is 44.2 Å². The van der Waals surface area contributed by atoms with Crippen molar-refractivity contribution in [3.05, 3.63) is 69.3 Å². The number of nitrogens with zero attached hydrogens (tertiary/aromatic N) is 1. The van der Waals surface area contributed by atoms with Crippen LogP contribution in [0.25, 0.3) is 10.9 Å². The Labute approximate surface area is 211 Å². The molecule has 31 heavy (non-hydrogen) atoms. The standard InChI is InChI=1S/C23H24Cl3N3.2ClH/c24-16-2-1-15(21(26)13-16)9-11-27-18-4-6-19(7-5-18)29-22-10-12-28-23-14-17(25)3-8-20(22)23;;/h1-3,8,10,12-14,18-19,27H,4-7,9,11H2,(H,28,29);2*1H/t18-,19-;;. The minimum atomic E-state index is 0. The van der Waals surface area contributed by atoms with Crippen LogP contribution in [0.1, 0.15) is 31.2 Å². The average Bonchev–Trinajstić information content (AvgIpc) is 2.71. The Bertz CT molecular complexity index is 990. The molecule has 8 heteroatoms. The fourth-order valence-corrected chi connectivity index (χ4v) is 4.71. The molecule has 3 aromatic rings. The third kappa shape index (κ3) is 7.02. The first-order valence-corrected chi connectivity index (χ1v) is 11.2. The predicted octanol–water partition coefficient (Wildman–Crippen LogP) is 7.59. The third-order valence-electron chi connectivity index (χ3n) is 5.63. The molecule has 1 aromatic heterocycles. The van der Waals surface area contributed by atoms with E-state index in [4.69, 9.17) is 34.8 Å². The van der Waals surface area contributed by atoms with Crippen LogP contribution in [0.15, 0.2) is 48.7 Å². The van der Waals surface area contributed by atoms with Crippen LogP contribution in [0.3, 0.4) is 0 Å². The van der Waals surface area contributed by atoms with Crippen molar-refractivity contribution >= 4 is 76.2 Å². The number of anilines is 1. The predicted molar refractivity (Wildman–Crippen MR) is 139 cm³/mol. The summed E-state index contributed by atoms with van der Waals surface area (Å²) in [5.74, 6) is 0. The Hall–Kier alpha value is -0.940. The summed E-state index contributed by atoms with van der Waals surface area (Å²) in [5, 5.41) is 10.7. The molecule has 0 atom stereocenters. The Morgan fingerprint density at radius 3 is 2.26 bits per heavy atom. The lowest BCUT2D eigenvalue weighted by molar-refractivity contribution is 0.356. The number of benzene rings is 2. The smallest absolute Gasteiger partial charge is 0.0737 e. The van der Waals surface area contributed by atoms with Crippen LogP contribution >= 0.6 is 59.6 Å². The van der Waals surface area contributed by atoms with Crippen LogP contribution in [0.5, 0.6) is 0 Å². The second kappa shape index (κ2) is 12.3. The lowest BCUT2D eigenvalue weighted by atomic mass is 9.90. The number of pyridine rings is 1. The molecular weight excluding hydrogens is 496 g/mol. The molecule has 1 aliphatic carbocycles. The summed E-state index contributed by atoms with van der Waals surface area (Å²) >= 11 is 18.3. The average molecular weight is 522 g/mol. The number of hydrogen-bond acceptors (Lipinski definition) is 3. The molecule has 3 nitrogen and oxygen atoms in total. The van der Waals surface area contributed by atoms with Gasteiger partial charge in [0.05, 0.1) is 5.52 Å². The van der Waals surface area contributed by atoms with Crippen LogP contribution in [-0.2, 0) is 6.42 Å².